The summed E-state index contributed by atoms with van der Waals surface area (Å²) in [6, 6.07) is 7.38. The second kappa shape index (κ2) is 7.52. The van der Waals surface area contributed by atoms with Crippen molar-refractivity contribution in [2.24, 2.45) is 7.05 Å². The van der Waals surface area contributed by atoms with E-state index in [1.165, 1.54) is 12.1 Å². The van der Waals surface area contributed by atoms with Gasteiger partial charge in [-0.1, -0.05) is 17.7 Å². The minimum Gasteiger partial charge on any atom is -0.496 e. The highest BCUT2D eigenvalue weighted by atomic mass is 35.5. The average Bonchev–Trinajstić information content (AvgIpc) is 2.93. The van der Waals surface area contributed by atoms with Gasteiger partial charge in [-0.2, -0.15) is 0 Å². The van der Waals surface area contributed by atoms with Crippen molar-refractivity contribution in [3.05, 3.63) is 57.9 Å². The highest BCUT2D eigenvalue weighted by Crippen LogP contribution is 2.29. The number of halogens is 3. The number of benzene rings is 2. The van der Waals surface area contributed by atoms with Gasteiger partial charge in [-0.25, -0.2) is 13.8 Å². The molecule has 2 aromatic carbocycles. The van der Waals surface area contributed by atoms with Crippen LogP contribution in [0.3, 0.4) is 0 Å². The fraction of sp³-hybridized carbons (Fsp3) is 0.263. The number of methoxy groups -OCH3 is 1. The molecule has 0 saturated heterocycles. The lowest BCUT2D eigenvalue weighted by Gasteiger charge is -2.13. The molecular formula is C19H18ClF2N3O2. The van der Waals surface area contributed by atoms with Crippen LogP contribution in [-0.2, 0) is 13.6 Å². The van der Waals surface area contributed by atoms with E-state index in [1.807, 2.05) is 24.6 Å². The first-order chi connectivity index (χ1) is 12.8. The number of carbonyl (C=O) groups excluding carboxylic acids is 1. The summed E-state index contributed by atoms with van der Waals surface area (Å²) >= 11 is 5.84. The Labute approximate surface area is 159 Å². The molecule has 3 rings (SSSR count). The number of aromatic nitrogens is 2. The van der Waals surface area contributed by atoms with Gasteiger partial charge in [0.15, 0.2) is 0 Å². The number of hydrogen-bond acceptors (Lipinski definition) is 3. The molecule has 1 amide bonds. The van der Waals surface area contributed by atoms with E-state index in [9.17, 15) is 13.6 Å². The highest BCUT2D eigenvalue weighted by molar-refractivity contribution is 6.31. The van der Waals surface area contributed by atoms with Crippen molar-refractivity contribution in [1.29, 1.82) is 0 Å². The number of aryl methyl sites for hydroxylation is 2. The summed E-state index contributed by atoms with van der Waals surface area (Å²) in [5.41, 5.74) is 2.34. The molecule has 3 aromatic rings. The molecule has 0 aliphatic rings. The second-order valence-corrected chi connectivity index (χ2v) is 6.46. The van der Waals surface area contributed by atoms with Crippen molar-refractivity contribution in [3.8, 4) is 5.75 Å². The summed E-state index contributed by atoms with van der Waals surface area (Å²) in [5, 5.41) is 2.65. The average molecular weight is 394 g/mol. The first-order valence-corrected chi connectivity index (χ1v) is 8.56. The topological polar surface area (TPSA) is 56.1 Å². The van der Waals surface area contributed by atoms with Gasteiger partial charge in [0.1, 0.15) is 11.6 Å². The number of ether oxygens (including phenoxy) is 1. The van der Waals surface area contributed by atoms with E-state index in [-0.39, 0.29) is 22.7 Å². The highest BCUT2D eigenvalue weighted by Gasteiger charge is 2.17. The van der Waals surface area contributed by atoms with Crippen molar-refractivity contribution in [1.82, 2.24) is 14.9 Å². The molecule has 0 fully saturated rings. The summed E-state index contributed by atoms with van der Waals surface area (Å²) in [6.45, 7) is 2.08. The lowest BCUT2D eigenvalue weighted by atomic mass is 10.1. The zero-order valence-corrected chi connectivity index (χ0v) is 15.8. The molecule has 142 valence electrons. The van der Waals surface area contributed by atoms with Crippen LogP contribution in [-0.4, -0.2) is 22.6 Å². The van der Waals surface area contributed by atoms with E-state index in [2.05, 4.69) is 10.3 Å². The predicted molar refractivity (Wildman–Crippen MR) is 99.6 cm³/mol. The van der Waals surface area contributed by atoms with E-state index < -0.39 is 12.3 Å². The van der Waals surface area contributed by atoms with Crippen LogP contribution in [0.2, 0.25) is 5.02 Å². The first-order valence-electron chi connectivity index (χ1n) is 8.18. The Morgan fingerprint density at radius 2 is 2.07 bits per heavy atom. The number of rotatable bonds is 5. The van der Waals surface area contributed by atoms with E-state index in [4.69, 9.17) is 16.3 Å². The maximum atomic E-state index is 12.8. The Morgan fingerprint density at radius 3 is 2.70 bits per heavy atom. The van der Waals surface area contributed by atoms with Crippen LogP contribution < -0.4 is 10.1 Å². The summed E-state index contributed by atoms with van der Waals surface area (Å²) in [6.07, 6.45) is -2.69. The molecular weight excluding hydrogens is 376 g/mol. The quantitative estimate of drug-likeness (QED) is 0.698. The van der Waals surface area contributed by atoms with E-state index >= 15 is 0 Å². The SMILES string of the molecule is COc1ccc2nc(C)n(C)c2c1CNC(=O)c1ccc(C(F)F)c(Cl)c1. The van der Waals surface area contributed by atoms with Crippen molar-refractivity contribution in [2.75, 3.05) is 7.11 Å². The molecule has 0 spiro atoms. The monoisotopic (exact) mass is 393 g/mol. The van der Waals surface area contributed by atoms with Crippen LogP contribution in [0.25, 0.3) is 11.0 Å². The third-order valence-electron chi connectivity index (χ3n) is 4.46. The lowest BCUT2D eigenvalue weighted by molar-refractivity contribution is 0.0950. The molecule has 0 saturated carbocycles. The molecule has 0 radical (unpaired) electrons. The number of hydrogen-bond donors (Lipinski definition) is 1. The predicted octanol–water partition coefficient (Wildman–Crippen LogP) is 4.41. The Hall–Kier alpha value is -2.67. The van der Waals surface area contributed by atoms with Crippen LogP contribution in [0.15, 0.2) is 30.3 Å². The molecule has 1 aromatic heterocycles. The molecule has 5 nitrogen and oxygen atoms in total. The number of alkyl halides is 2. The van der Waals surface area contributed by atoms with Gasteiger partial charge in [0.05, 0.1) is 23.2 Å². The van der Waals surface area contributed by atoms with E-state index in [0.29, 0.717) is 5.75 Å². The summed E-state index contributed by atoms with van der Waals surface area (Å²) < 4.78 is 32.9. The van der Waals surface area contributed by atoms with Crippen LogP contribution in [0.4, 0.5) is 8.78 Å². The normalized spacial score (nSPS) is 11.2. The molecule has 0 bridgehead atoms. The van der Waals surface area contributed by atoms with Crippen LogP contribution in [0, 0.1) is 6.92 Å². The molecule has 0 unspecified atom stereocenters. The molecule has 27 heavy (non-hydrogen) atoms. The molecule has 1 heterocycles. The van der Waals surface area contributed by atoms with Crippen molar-refractivity contribution >= 4 is 28.5 Å². The van der Waals surface area contributed by atoms with E-state index in [0.717, 1.165) is 28.5 Å². The third-order valence-corrected chi connectivity index (χ3v) is 4.79. The first kappa shape index (κ1) is 19.1. The van der Waals surface area contributed by atoms with E-state index in [1.54, 1.807) is 13.2 Å². The number of nitrogens with zero attached hydrogens (tertiary/aromatic N) is 2. The maximum Gasteiger partial charge on any atom is 0.265 e. The Kier molecular flexibility index (Phi) is 5.32. The Morgan fingerprint density at radius 1 is 1.33 bits per heavy atom. The van der Waals surface area contributed by atoms with Gasteiger partial charge < -0.3 is 14.6 Å². The molecule has 0 aliphatic heterocycles. The number of imidazole rings is 1. The maximum absolute atomic E-state index is 12.8. The van der Waals surface area contributed by atoms with Crippen LogP contribution in [0.5, 0.6) is 5.75 Å². The number of amides is 1. The van der Waals surface area contributed by atoms with Gasteiger partial charge in [0.25, 0.3) is 12.3 Å². The fourth-order valence-corrected chi connectivity index (χ4v) is 3.22. The largest absolute Gasteiger partial charge is 0.496 e. The molecule has 8 heteroatoms. The smallest absolute Gasteiger partial charge is 0.265 e. The zero-order valence-electron chi connectivity index (χ0n) is 15.0. The van der Waals surface area contributed by atoms with Gasteiger partial charge in [0, 0.05) is 30.3 Å². The van der Waals surface area contributed by atoms with Crippen molar-refractivity contribution < 1.29 is 18.3 Å². The van der Waals surface area contributed by atoms with Gasteiger partial charge in [-0.05, 0) is 31.2 Å². The van der Waals surface area contributed by atoms with Crippen molar-refractivity contribution in [2.45, 2.75) is 19.9 Å². The lowest BCUT2D eigenvalue weighted by Crippen LogP contribution is -2.23. The van der Waals surface area contributed by atoms with Gasteiger partial charge >= 0.3 is 0 Å². The third kappa shape index (κ3) is 3.60. The minimum absolute atomic E-state index is 0.139. The van der Waals surface area contributed by atoms with Crippen LogP contribution >= 0.6 is 11.6 Å². The minimum atomic E-state index is -2.69. The van der Waals surface area contributed by atoms with Gasteiger partial charge in [0.2, 0.25) is 0 Å². The standard InChI is InChI=1S/C19H18ClF2N3O2/c1-10-24-15-6-7-16(27-3)13(17(15)25(10)2)9-23-19(26)11-4-5-12(18(21)22)14(20)8-11/h4-8,18H,9H2,1-3H3,(H,23,26). The second-order valence-electron chi connectivity index (χ2n) is 6.05. The summed E-state index contributed by atoms with van der Waals surface area (Å²) in [4.78, 5) is 16.9. The zero-order chi connectivity index (χ0) is 19.7. The number of carbonyl (C=O) groups is 1. The summed E-state index contributed by atoms with van der Waals surface area (Å²) in [5.74, 6) is 1.03. The fourth-order valence-electron chi connectivity index (χ4n) is 2.96. The Balaban J connectivity index is 1.88. The summed E-state index contributed by atoms with van der Waals surface area (Å²) in [7, 11) is 3.44. The van der Waals surface area contributed by atoms with Gasteiger partial charge in [-0.3, -0.25) is 4.79 Å². The number of nitrogens with one attached hydrogen (secondary N) is 1. The number of fused-ring (bicyclic) bond motifs is 1. The molecule has 0 aliphatic carbocycles. The Bertz CT molecular complexity index is 1020. The molecule has 0 atom stereocenters. The van der Waals surface area contributed by atoms with Crippen LogP contribution in [0.1, 0.15) is 33.7 Å². The molecule has 1 N–H and O–H groups in total. The van der Waals surface area contributed by atoms with Gasteiger partial charge in [-0.15, -0.1) is 0 Å². The van der Waals surface area contributed by atoms with Crippen molar-refractivity contribution in [3.63, 3.8) is 0 Å².